The van der Waals surface area contributed by atoms with Gasteiger partial charge in [0.25, 0.3) is 0 Å². The van der Waals surface area contributed by atoms with Gasteiger partial charge < -0.3 is 4.74 Å². The number of benzene rings is 1. The van der Waals surface area contributed by atoms with E-state index in [0.717, 1.165) is 13.0 Å². The molecule has 3 heteroatoms. The van der Waals surface area contributed by atoms with Gasteiger partial charge in [-0.3, -0.25) is 4.79 Å². The monoisotopic (exact) mass is 252 g/mol. The quantitative estimate of drug-likeness (QED) is 0.519. The van der Waals surface area contributed by atoms with E-state index >= 15 is 0 Å². The maximum atomic E-state index is 12.7. The van der Waals surface area contributed by atoms with Gasteiger partial charge in [0, 0.05) is 25.2 Å². The van der Waals surface area contributed by atoms with Crippen LogP contribution in [-0.2, 0) is 4.74 Å². The zero-order valence-corrected chi connectivity index (χ0v) is 11.1. The molecule has 100 valence electrons. The summed E-state index contributed by atoms with van der Waals surface area (Å²) >= 11 is 0. The summed E-state index contributed by atoms with van der Waals surface area (Å²) in [4.78, 5) is 11.7. The molecule has 0 saturated carbocycles. The molecule has 0 aliphatic heterocycles. The Morgan fingerprint density at radius 1 is 1.22 bits per heavy atom. The van der Waals surface area contributed by atoms with E-state index in [-0.39, 0.29) is 11.6 Å². The molecule has 0 aromatic heterocycles. The number of hydrogen-bond donors (Lipinski definition) is 0. The van der Waals surface area contributed by atoms with Crippen LogP contribution < -0.4 is 0 Å². The molecule has 0 heterocycles. The molecule has 18 heavy (non-hydrogen) atoms. The molecule has 0 bridgehead atoms. The van der Waals surface area contributed by atoms with Crippen molar-refractivity contribution < 1.29 is 13.9 Å². The lowest BCUT2D eigenvalue weighted by Gasteiger charge is -2.06. The maximum Gasteiger partial charge on any atom is 0.162 e. The lowest BCUT2D eigenvalue weighted by atomic mass is 10.1. The lowest BCUT2D eigenvalue weighted by Crippen LogP contribution is -2.04. The minimum absolute atomic E-state index is 0.0439. The summed E-state index contributed by atoms with van der Waals surface area (Å²) in [5.41, 5.74) is 0.568. The number of ether oxygens (including phenoxy) is 1. The topological polar surface area (TPSA) is 26.3 Å². The number of Topliss-reactive ketones (excluding diaryl/α,β-unsaturated/α-hetero) is 1. The van der Waals surface area contributed by atoms with Crippen molar-refractivity contribution in [1.29, 1.82) is 0 Å². The van der Waals surface area contributed by atoms with Crippen LogP contribution in [0.15, 0.2) is 24.3 Å². The third kappa shape index (κ3) is 5.92. The Labute approximate surface area is 108 Å². The molecule has 0 aliphatic carbocycles. The van der Waals surface area contributed by atoms with Crippen molar-refractivity contribution in [3.05, 3.63) is 35.6 Å². The number of ketones is 1. The van der Waals surface area contributed by atoms with Crippen molar-refractivity contribution in [1.82, 2.24) is 0 Å². The molecule has 0 atom stereocenters. The smallest absolute Gasteiger partial charge is 0.162 e. The maximum absolute atomic E-state index is 12.7. The Balaban J connectivity index is 2.16. The first-order valence-electron chi connectivity index (χ1n) is 6.46. The van der Waals surface area contributed by atoms with Gasteiger partial charge in [0.2, 0.25) is 0 Å². The van der Waals surface area contributed by atoms with Crippen molar-refractivity contribution in [2.45, 2.75) is 33.1 Å². The first kappa shape index (κ1) is 14.8. The Morgan fingerprint density at radius 3 is 2.50 bits per heavy atom. The standard InChI is InChI=1S/C15H21FO2/c1-12(2)9-11-18-10-3-4-15(17)13-5-7-14(16)8-6-13/h5-8,12H,3-4,9-11H2,1-2H3. The highest BCUT2D eigenvalue weighted by Gasteiger charge is 2.05. The van der Waals surface area contributed by atoms with E-state index in [1.54, 1.807) is 0 Å². The Hall–Kier alpha value is -1.22. The number of rotatable bonds is 8. The highest BCUT2D eigenvalue weighted by Crippen LogP contribution is 2.07. The molecule has 0 unspecified atom stereocenters. The minimum Gasteiger partial charge on any atom is -0.381 e. The number of carbonyl (C=O) groups excluding carboxylic acids is 1. The second-order valence-corrected chi connectivity index (χ2v) is 4.83. The molecule has 0 aliphatic rings. The van der Waals surface area contributed by atoms with Gasteiger partial charge in [-0.15, -0.1) is 0 Å². The summed E-state index contributed by atoms with van der Waals surface area (Å²) in [5.74, 6) is 0.372. The Kier molecular flexibility index (Phi) is 6.58. The zero-order valence-electron chi connectivity index (χ0n) is 11.1. The van der Waals surface area contributed by atoms with Gasteiger partial charge in [-0.2, -0.15) is 0 Å². The van der Waals surface area contributed by atoms with Crippen molar-refractivity contribution in [3.8, 4) is 0 Å². The fraction of sp³-hybridized carbons (Fsp3) is 0.533. The summed E-state index contributed by atoms with van der Waals surface area (Å²) in [5, 5.41) is 0. The van der Waals surface area contributed by atoms with Gasteiger partial charge in [0.05, 0.1) is 0 Å². The molecule has 0 saturated heterocycles. The van der Waals surface area contributed by atoms with Crippen LogP contribution in [0.5, 0.6) is 0 Å². The summed E-state index contributed by atoms with van der Waals surface area (Å²) in [6, 6.07) is 5.67. The van der Waals surface area contributed by atoms with Crippen LogP contribution in [0.2, 0.25) is 0 Å². The van der Waals surface area contributed by atoms with Gasteiger partial charge in [-0.25, -0.2) is 4.39 Å². The van der Waals surface area contributed by atoms with Crippen LogP contribution in [0.3, 0.4) is 0 Å². The highest BCUT2D eigenvalue weighted by atomic mass is 19.1. The van der Waals surface area contributed by atoms with E-state index in [0.29, 0.717) is 30.9 Å². The Morgan fingerprint density at radius 2 is 1.89 bits per heavy atom. The third-order valence-corrected chi connectivity index (χ3v) is 2.70. The van der Waals surface area contributed by atoms with Gasteiger partial charge in [0.1, 0.15) is 5.82 Å². The van der Waals surface area contributed by atoms with Crippen LogP contribution in [0.1, 0.15) is 43.5 Å². The van der Waals surface area contributed by atoms with Crippen molar-refractivity contribution >= 4 is 5.78 Å². The van der Waals surface area contributed by atoms with Crippen LogP contribution in [0.25, 0.3) is 0 Å². The van der Waals surface area contributed by atoms with E-state index in [2.05, 4.69) is 13.8 Å². The average molecular weight is 252 g/mol. The molecule has 0 amide bonds. The second kappa shape index (κ2) is 7.98. The SMILES string of the molecule is CC(C)CCOCCCC(=O)c1ccc(F)cc1. The summed E-state index contributed by atoms with van der Waals surface area (Å²) in [6.45, 7) is 5.67. The normalized spacial score (nSPS) is 10.9. The fourth-order valence-electron chi connectivity index (χ4n) is 1.54. The van der Waals surface area contributed by atoms with Crippen molar-refractivity contribution in [2.75, 3.05) is 13.2 Å². The van der Waals surface area contributed by atoms with E-state index in [4.69, 9.17) is 4.74 Å². The van der Waals surface area contributed by atoms with Gasteiger partial charge in [-0.05, 0) is 43.0 Å². The van der Waals surface area contributed by atoms with E-state index in [9.17, 15) is 9.18 Å². The van der Waals surface area contributed by atoms with Gasteiger partial charge in [-0.1, -0.05) is 13.8 Å². The lowest BCUT2D eigenvalue weighted by molar-refractivity contribution is 0.0926. The highest BCUT2D eigenvalue weighted by molar-refractivity contribution is 5.95. The van der Waals surface area contributed by atoms with Gasteiger partial charge in [0.15, 0.2) is 5.78 Å². The molecule has 0 spiro atoms. The predicted molar refractivity (Wildman–Crippen MR) is 70.2 cm³/mol. The molecule has 0 fully saturated rings. The van der Waals surface area contributed by atoms with E-state index in [1.165, 1.54) is 24.3 Å². The summed E-state index contributed by atoms with van der Waals surface area (Å²) in [7, 11) is 0. The predicted octanol–water partition coefficient (Wildman–Crippen LogP) is 3.85. The molecule has 1 aromatic rings. The van der Waals surface area contributed by atoms with Crippen molar-refractivity contribution in [2.24, 2.45) is 5.92 Å². The average Bonchev–Trinajstić information content (AvgIpc) is 2.34. The summed E-state index contributed by atoms with van der Waals surface area (Å²) < 4.78 is 18.1. The number of hydrogen-bond acceptors (Lipinski definition) is 2. The largest absolute Gasteiger partial charge is 0.381 e. The summed E-state index contributed by atoms with van der Waals surface area (Å²) in [6.07, 6.45) is 2.22. The van der Waals surface area contributed by atoms with Crippen LogP contribution in [-0.4, -0.2) is 19.0 Å². The first-order chi connectivity index (χ1) is 8.59. The molecule has 2 nitrogen and oxygen atoms in total. The van der Waals surface area contributed by atoms with Crippen LogP contribution in [0.4, 0.5) is 4.39 Å². The molecule has 1 rings (SSSR count). The zero-order chi connectivity index (χ0) is 13.4. The number of halogens is 1. The van der Waals surface area contributed by atoms with Crippen molar-refractivity contribution in [3.63, 3.8) is 0 Å². The third-order valence-electron chi connectivity index (χ3n) is 2.70. The molecular weight excluding hydrogens is 231 g/mol. The fourth-order valence-corrected chi connectivity index (χ4v) is 1.54. The first-order valence-corrected chi connectivity index (χ1v) is 6.46. The molecule has 0 radical (unpaired) electrons. The molecule has 0 N–H and O–H groups in total. The number of carbonyl (C=O) groups is 1. The minimum atomic E-state index is -0.316. The Bertz CT molecular complexity index is 357. The molecular formula is C15H21FO2. The van der Waals surface area contributed by atoms with Crippen LogP contribution in [0, 0.1) is 11.7 Å². The van der Waals surface area contributed by atoms with Crippen LogP contribution >= 0.6 is 0 Å². The van der Waals surface area contributed by atoms with E-state index < -0.39 is 0 Å². The second-order valence-electron chi connectivity index (χ2n) is 4.83. The van der Waals surface area contributed by atoms with E-state index in [1.807, 2.05) is 0 Å². The molecule has 1 aromatic carbocycles. The van der Waals surface area contributed by atoms with Gasteiger partial charge >= 0.3 is 0 Å².